The Labute approximate surface area is 115 Å². The molecule has 106 valence electrons. The van der Waals surface area contributed by atoms with Gasteiger partial charge in [-0.1, -0.05) is 6.07 Å². The number of nitrogens with zero attached hydrogens (tertiary/aromatic N) is 2. The van der Waals surface area contributed by atoms with Crippen molar-refractivity contribution in [3.63, 3.8) is 0 Å². The van der Waals surface area contributed by atoms with Crippen molar-refractivity contribution in [2.24, 2.45) is 0 Å². The van der Waals surface area contributed by atoms with Gasteiger partial charge in [-0.15, -0.1) is 0 Å². The zero-order valence-electron chi connectivity index (χ0n) is 11.3. The highest BCUT2D eigenvalue weighted by Crippen LogP contribution is 2.21. The molecule has 0 bridgehead atoms. The molecule has 4 nitrogen and oxygen atoms in total. The maximum Gasteiger partial charge on any atom is 0.221 e. The SMILES string of the molecule is CCOc1ncnc(NCc2ccc(F)cc2F)c1C. The minimum Gasteiger partial charge on any atom is -0.478 e. The highest BCUT2D eigenvalue weighted by atomic mass is 19.1. The van der Waals surface area contributed by atoms with Crippen LogP contribution in [0.2, 0.25) is 0 Å². The van der Waals surface area contributed by atoms with E-state index in [4.69, 9.17) is 4.74 Å². The van der Waals surface area contributed by atoms with Gasteiger partial charge in [0.05, 0.1) is 12.2 Å². The minimum atomic E-state index is -0.594. The molecule has 0 aliphatic rings. The summed E-state index contributed by atoms with van der Waals surface area (Å²) in [7, 11) is 0. The summed E-state index contributed by atoms with van der Waals surface area (Å²) in [5.41, 5.74) is 1.11. The minimum absolute atomic E-state index is 0.204. The molecule has 0 aliphatic heterocycles. The van der Waals surface area contributed by atoms with Crippen molar-refractivity contribution in [3.05, 3.63) is 47.3 Å². The van der Waals surface area contributed by atoms with E-state index in [9.17, 15) is 8.78 Å². The second-order valence-corrected chi connectivity index (χ2v) is 4.17. The third kappa shape index (κ3) is 3.20. The van der Waals surface area contributed by atoms with E-state index < -0.39 is 11.6 Å². The Hall–Kier alpha value is -2.24. The van der Waals surface area contributed by atoms with Gasteiger partial charge >= 0.3 is 0 Å². The second-order valence-electron chi connectivity index (χ2n) is 4.17. The fourth-order valence-corrected chi connectivity index (χ4v) is 1.74. The predicted molar refractivity (Wildman–Crippen MR) is 71.6 cm³/mol. The average Bonchev–Trinajstić information content (AvgIpc) is 2.42. The van der Waals surface area contributed by atoms with E-state index in [-0.39, 0.29) is 6.54 Å². The Bertz CT molecular complexity index is 605. The summed E-state index contributed by atoms with van der Waals surface area (Å²) >= 11 is 0. The molecule has 2 rings (SSSR count). The molecule has 0 saturated heterocycles. The normalized spacial score (nSPS) is 10.4. The topological polar surface area (TPSA) is 47.0 Å². The van der Waals surface area contributed by atoms with E-state index in [2.05, 4.69) is 15.3 Å². The van der Waals surface area contributed by atoms with Crippen molar-refractivity contribution in [2.75, 3.05) is 11.9 Å². The van der Waals surface area contributed by atoms with Gasteiger partial charge in [-0.05, 0) is 19.9 Å². The van der Waals surface area contributed by atoms with Gasteiger partial charge in [0.15, 0.2) is 0 Å². The first-order valence-electron chi connectivity index (χ1n) is 6.24. The summed E-state index contributed by atoms with van der Waals surface area (Å²) in [5.74, 6) is -0.130. The first kappa shape index (κ1) is 14.2. The number of rotatable bonds is 5. The standard InChI is InChI=1S/C14H15F2N3O/c1-3-20-14-9(2)13(18-8-19-14)17-7-10-4-5-11(15)6-12(10)16/h4-6,8H,3,7H2,1-2H3,(H,17,18,19). The first-order valence-corrected chi connectivity index (χ1v) is 6.24. The van der Waals surface area contributed by atoms with E-state index in [1.807, 2.05) is 13.8 Å². The Morgan fingerprint density at radius 1 is 1.25 bits per heavy atom. The zero-order chi connectivity index (χ0) is 14.5. The van der Waals surface area contributed by atoms with Gasteiger partial charge < -0.3 is 10.1 Å². The van der Waals surface area contributed by atoms with Crippen molar-refractivity contribution in [3.8, 4) is 5.88 Å². The third-order valence-electron chi connectivity index (χ3n) is 2.78. The molecule has 0 fully saturated rings. The van der Waals surface area contributed by atoms with Crippen molar-refractivity contribution in [1.82, 2.24) is 9.97 Å². The second kappa shape index (κ2) is 6.27. The van der Waals surface area contributed by atoms with Crippen molar-refractivity contribution >= 4 is 5.82 Å². The average molecular weight is 279 g/mol. The van der Waals surface area contributed by atoms with Gasteiger partial charge in [-0.2, -0.15) is 0 Å². The third-order valence-corrected chi connectivity index (χ3v) is 2.78. The summed E-state index contributed by atoms with van der Waals surface area (Å²) < 4.78 is 31.7. The van der Waals surface area contributed by atoms with Crippen LogP contribution in [0.15, 0.2) is 24.5 Å². The molecule has 0 aliphatic carbocycles. The molecule has 0 radical (unpaired) electrons. The summed E-state index contributed by atoms with van der Waals surface area (Å²) in [4.78, 5) is 8.10. The van der Waals surface area contributed by atoms with Crippen molar-refractivity contribution in [2.45, 2.75) is 20.4 Å². The number of hydrogen-bond acceptors (Lipinski definition) is 4. The maximum absolute atomic E-state index is 13.5. The molecule has 0 spiro atoms. The largest absolute Gasteiger partial charge is 0.478 e. The van der Waals surface area contributed by atoms with Gasteiger partial charge in [-0.3, -0.25) is 0 Å². The number of hydrogen-bond donors (Lipinski definition) is 1. The van der Waals surface area contributed by atoms with Crippen LogP contribution in [-0.4, -0.2) is 16.6 Å². The summed E-state index contributed by atoms with van der Waals surface area (Å²) in [6.45, 7) is 4.39. The summed E-state index contributed by atoms with van der Waals surface area (Å²) in [6, 6.07) is 3.48. The van der Waals surface area contributed by atoms with E-state index in [0.29, 0.717) is 23.9 Å². The van der Waals surface area contributed by atoms with E-state index in [1.54, 1.807) is 0 Å². The van der Waals surface area contributed by atoms with E-state index in [0.717, 1.165) is 11.6 Å². The van der Waals surface area contributed by atoms with Gasteiger partial charge in [0.25, 0.3) is 0 Å². The molecule has 6 heteroatoms. The molecule has 0 unspecified atom stereocenters. The number of nitrogens with one attached hydrogen (secondary N) is 1. The van der Waals surface area contributed by atoms with Crippen LogP contribution in [0.25, 0.3) is 0 Å². The molecule has 1 aromatic heterocycles. The van der Waals surface area contributed by atoms with E-state index >= 15 is 0 Å². The summed E-state index contributed by atoms with van der Waals surface area (Å²) in [5, 5.41) is 2.99. The lowest BCUT2D eigenvalue weighted by Crippen LogP contribution is -2.07. The van der Waals surface area contributed by atoms with Gasteiger partial charge in [0, 0.05) is 18.2 Å². The van der Waals surface area contributed by atoms with Gasteiger partial charge in [0.2, 0.25) is 5.88 Å². The maximum atomic E-state index is 13.5. The number of benzene rings is 1. The van der Waals surface area contributed by atoms with Gasteiger partial charge in [0.1, 0.15) is 23.8 Å². The number of anilines is 1. The van der Waals surface area contributed by atoms with Crippen LogP contribution < -0.4 is 10.1 Å². The number of aromatic nitrogens is 2. The molecule has 1 aromatic carbocycles. The number of ether oxygens (including phenoxy) is 1. The zero-order valence-corrected chi connectivity index (χ0v) is 11.3. The fourth-order valence-electron chi connectivity index (χ4n) is 1.74. The Morgan fingerprint density at radius 2 is 2.05 bits per heavy atom. The molecular weight excluding hydrogens is 264 g/mol. The summed E-state index contributed by atoms with van der Waals surface area (Å²) in [6.07, 6.45) is 1.38. The molecule has 1 N–H and O–H groups in total. The Kier molecular flexibility index (Phi) is 4.45. The highest BCUT2D eigenvalue weighted by molar-refractivity contribution is 5.48. The van der Waals surface area contributed by atoms with Crippen LogP contribution in [0.5, 0.6) is 5.88 Å². The quantitative estimate of drug-likeness (QED) is 0.913. The smallest absolute Gasteiger partial charge is 0.221 e. The first-order chi connectivity index (χ1) is 9.61. The fraction of sp³-hybridized carbons (Fsp3) is 0.286. The molecule has 20 heavy (non-hydrogen) atoms. The van der Waals surface area contributed by atoms with Crippen LogP contribution in [0.4, 0.5) is 14.6 Å². The predicted octanol–water partition coefficient (Wildman–Crippen LogP) is 3.07. The van der Waals surface area contributed by atoms with Crippen molar-refractivity contribution in [1.29, 1.82) is 0 Å². The van der Waals surface area contributed by atoms with Crippen LogP contribution in [-0.2, 0) is 6.54 Å². The lowest BCUT2D eigenvalue weighted by Gasteiger charge is -2.11. The lowest BCUT2D eigenvalue weighted by molar-refractivity contribution is 0.324. The molecule has 2 aromatic rings. The van der Waals surface area contributed by atoms with Crippen LogP contribution >= 0.6 is 0 Å². The highest BCUT2D eigenvalue weighted by Gasteiger charge is 2.09. The van der Waals surface area contributed by atoms with Crippen molar-refractivity contribution < 1.29 is 13.5 Å². The molecule has 0 amide bonds. The monoisotopic (exact) mass is 279 g/mol. The van der Waals surface area contributed by atoms with E-state index in [1.165, 1.54) is 18.5 Å². The Morgan fingerprint density at radius 3 is 2.75 bits per heavy atom. The molecule has 0 atom stereocenters. The number of halogens is 2. The lowest BCUT2D eigenvalue weighted by atomic mass is 10.2. The van der Waals surface area contributed by atoms with Crippen LogP contribution in [0.1, 0.15) is 18.1 Å². The molecular formula is C14H15F2N3O. The van der Waals surface area contributed by atoms with Gasteiger partial charge in [-0.25, -0.2) is 18.7 Å². The Balaban J connectivity index is 2.12. The van der Waals surface area contributed by atoms with Crippen LogP contribution in [0.3, 0.4) is 0 Å². The molecule has 0 saturated carbocycles. The van der Waals surface area contributed by atoms with Crippen LogP contribution in [0, 0.1) is 18.6 Å². The molecule has 1 heterocycles.